The van der Waals surface area contributed by atoms with Gasteiger partial charge in [0.2, 0.25) is 15.9 Å². The molecule has 2 aromatic carbocycles. The number of amides is 1. The highest BCUT2D eigenvalue weighted by Crippen LogP contribution is 2.26. The van der Waals surface area contributed by atoms with Crippen molar-refractivity contribution >= 4 is 33.2 Å². The third-order valence-electron chi connectivity index (χ3n) is 4.70. The summed E-state index contributed by atoms with van der Waals surface area (Å²) in [7, 11) is -2.10. The fourth-order valence-corrected chi connectivity index (χ4v) is 4.61. The predicted molar refractivity (Wildman–Crippen MR) is 117 cm³/mol. The topological polar surface area (TPSA) is 75.7 Å². The molecule has 6 nitrogen and oxygen atoms in total. The summed E-state index contributed by atoms with van der Waals surface area (Å²) in [5, 5.41) is 3.36. The molecule has 2 aromatic rings. The number of hydrogen-bond acceptors (Lipinski definition) is 4. The van der Waals surface area contributed by atoms with Gasteiger partial charge in [0, 0.05) is 5.02 Å². The van der Waals surface area contributed by atoms with Gasteiger partial charge in [0.25, 0.3) is 0 Å². The van der Waals surface area contributed by atoms with Crippen LogP contribution >= 0.6 is 11.6 Å². The van der Waals surface area contributed by atoms with E-state index in [2.05, 4.69) is 5.32 Å². The standard InChI is InChI=1S/C21H27ClN2O4S/c1-6-19(16-10-11-20(28-4)14(2)12-16)23-21(25)15(3)24(29(5,26)27)18-9-7-8-17(22)13-18/h7-13,15,19H,6H2,1-5H3,(H,23,25)/t15-,19+/m0/s1. The number of halogens is 1. The number of nitrogens with zero attached hydrogens (tertiary/aromatic N) is 1. The van der Waals surface area contributed by atoms with Crippen molar-refractivity contribution in [3.8, 4) is 5.75 Å². The van der Waals surface area contributed by atoms with Gasteiger partial charge in [-0.1, -0.05) is 36.7 Å². The van der Waals surface area contributed by atoms with Crippen LogP contribution in [-0.4, -0.2) is 33.7 Å². The molecular weight excluding hydrogens is 412 g/mol. The number of ether oxygens (including phenoxy) is 1. The van der Waals surface area contributed by atoms with Gasteiger partial charge in [0.1, 0.15) is 11.8 Å². The summed E-state index contributed by atoms with van der Waals surface area (Å²) in [6, 6.07) is 11.0. The molecule has 158 valence electrons. The highest BCUT2D eigenvalue weighted by molar-refractivity contribution is 7.92. The molecule has 0 unspecified atom stereocenters. The van der Waals surface area contributed by atoms with Crippen molar-refractivity contribution in [1.82, 2.24) is 5.32 Å². The summed E-state index contributed by atoms with van der Waals surface area (Å²) in [6.07, 6.45) is 1.72. The van der Waals surface area contributed by atoms with Crippen LogP contribution in [0, 0.1) is 6.92 Å². The second kappa shape index (κ2) is 9.50. The molecule has 0 fully saturated rings. The maximum absolute atomic E-state index is 13.0. The second-order valence-corrected chi connectivity index (χ2v) is 9.21. The molecule has 0 aromatic heterocycles. The minimum Gasteiger partial charge on any atom is -0.496 e. The summed E-state index contributed by atoms with van der Waals surface area (Å²) in [5.74, 6) is 0.378. The van der Waals surface area contributed by atoms with Crippen molar-refractivity contribution in [3.05, 3.63) is 58.6 Å². The minimum absolute atomic E-state index is 0.254. The van der Waals surface area contributed by atoms with Gasteiger partial charge in [-0.05, 0) is 55.7 Å². The predicted octanol–water partition coefficient (Wildman–Crippen LogP) is 4.08. The number of carbonyl (C=O) groups excluding carboxylic acids is 1. The van der Waals surface area contributed by atoms with Crippen molar-refractivity contribution in [2.24, 2.45) is 0 Å². The van der Waals surface area contributed by atoms with E-state index in [4.69, 9.17) is 16.3 Å². The molecule has 0 heterocycles. The summed E-state index contributed by atoms with van der Waals surface area (Å²) in [4.78, 5) is 13.0. The highest BCUT2D eigenvalue weighted by Gasteiger charge is 2.30. The molecule has 0 aliphatic carbocycles. The minimum atomic E-state index is -3.70. The lowest BCUT2D eigenvalue weighted by Crippen LogP contribution is -2.48. The Morgan fingerprint density at radius 1 is 1.24 bits per heavy atom. The molecule has 1 N–H and O–H groups in total. The zero-order valence-electron chi connectivity index (χ0n) is 17.3. The van der Waals surface area contributed by atoms with E-state index in [0.29, 0.717) is 17.1 Å². The number of hydrogen-bond donors (Lipinski definition) is 1. The normalized spacial score (nSPS) is 13.4. The highest BCUT2D eigenvalue weighted by atomic mass is 35.5. The molecule has 2 rings (SSSR count). The van der Waals surface area contributed by atoms with Gasteiger partial charge in [-0.3, -0.25) is 9.10 Å². The fraction of sp³-hybridized carbons (Fsp3) is 0.381. The van der Waals surface area contributed by atoms with Gasteiger partial charge in [-0.15, -0.1) is 0 Å². The van der Waals surface area contributed by atoms with Gasteiger partial charge in [0.15, 0.2) is 0 Å². The summed E-state index contributed by atoms with van der Waals surface area (Å²) in [6.45, 7) is 5.45. The Morgan fingerprint density at radius 3 is 2.45 bits per heavy atom. The molecule has 0 saturated carbocycles. The number of benzene rings is 2. The Hall–Kier alpha value is -2.25. The van der Waals surface area contributed by atoms with E-state index in [1.807, 2.05) is 32.0 Å². The monoisotopic (exact) mass is 438 g/mol. The quantitative estimate of drug-likeness (QED) is 0.673. The Labute approximate surface area is 177 Å². The molecule has 8 heteroatoms. The van der Waals surface area contributed by atoms with Crippen molar-refractivity contribution in [3.63, 3.8) is 0 Å². The fourth-order valence-electron chi connectivity index (χ4n) is 3.25. The van der Waals surface area contributed by atoms with Gasteiger partial charge in [-0.25, -0.2) is 8.42 Å². The zero-order chi connectivity index (χ0) is 21.8. The van der Waals surface area contributed by atoms with Gasteiger partial charge in [-0.2, -0.15) is 0 Å². The first-order valence-electron chi connectivity index (χ1n) is 9.28. The van der Waals surface area contributed by atoms with Gasteiger partial charge in [0.05, 0.1) is 25.1 Å². The number of anilines is 1. The molecule has 1 amide bonds. The van der Waals surface area contributed by atoms with Crippen LogP contribution < -0.4 is 14.4 Å². The number of nitrogens with one attached hydrogen (secondary N) is 1. The molecule has 0 aliphatic rings. The van der Waals surface area contributed by atoms with Crippen molar-refractivity contribution in [2.75, 3.05) is 17.7 Å². The molecule has 0 saturated heterocycles. The van der Waals surface area contributed by atoms with Crippen LogP contribution in [0.1, 0.15) is 37.4 Å². The Kier molecular flexibility index (Phi) is 7.54. The first kappa shape index (κ1) is 23.0. The zero-order valence-corrected chi connectivity index (χ0v) is 18.8. The average molecular weight is 439 g/mol. The van der Waals surface area contributed by atoms with Crippen LogP contribution in [0.5, 0.6) is 5.75 Å². The van der Waals surface area contributed by atoms with E-state index in [1.54, 1.807) is 32.2 Å². The van der Waals surface area contributed by atoms with Crippen molar-refractivity contribution in [2.45, 2.75) is 39.3 Å². The van der Waals surface area contributed by atoms with Crippen molar-refractivity contribution in [1.29, 1.82) is 0 Å². The van der Waals surface area contributed by atoms with E-state index in [0.717, 1.165) is 27.4 Å². The summed E-state index contributed by atoms with van der Waals surface area (Å²) >= 11 is 6.02. The lowest BCUT2D eigenvalue weighted by Gasteiger charge is -2.30. The Morgan fingerprint density at radius 2 is 1.93 bits per heavy atom. The molecule has 0 bridgehead atoms. The third-order valence-corrected chi connectivity index (χ3v) is 6.17. The molecule has 0 radical (unpaired) electrons. The Balaban J connectivity index is 2.29. The maximum Gasteiger partial charge on any atom is 0.244 e. The van der Waals surface area contributed by atoms with Crippen LogP contribution in [0.25, 0.3) is 0 Å². The Bertz CT molecular complexity index is 978. The van der Waals surface area contributed by atoms with E-state index in [-0.39, 0.29) is 6.04 Å². The molecule has 0 aliphatic heterocycles. The molecule has 2 atom stereocenters. The van der Waals surface area contributed by atoms with Crippen LogP contribution in [0.3, 0.4) is 0 Å². The lowest BCUT2D eigenvalue weighted by atomic mass is 10.0. The van der Waals surface area contributed by atoms with Gasteiger partial charge < -0.3 is 10.1 Å². The number of sulfonamides is 1. The lowest BCUT2D eigenvalue weighted by molar-refractivity contribution is -0.122. The van der Waals surface area contributed by atoms with E-state index in [1.165, 1.54) is 6.07 Å². The van der Waals surface area contributed by atoms with Gasteiger partial charge >= 0.3 is 0 Å². The number of aryl methyl sites for hydroxylation is 1. The second-order valence-electron chi connectivity index (χ2n) is 6.91. The smallest absolute Gasteiger partial charge is 0.244 e. The number of methoxy groups -OCH3 is 1. The summed E-state index contributed by atoms with van der Waals surface area (Å²) < 4.78 is 31.2. The number of carbonyl (C=O) groups is 1. The molecule has 0 spiro atoms. The molecular formula is C21H27ClN2O4S. The van der Waals surface area contributed by atoms with E-state index in [9.17, 15) is 13.2 Å². The first-order chi connectivity index (χ1) is 13.6. The van der Waals surface area contributed by atoms with Crippen LogP contribution in [0.15, 0.2) is 42.5 Å². The SMILES string of the molecule is CC[C@@H](NC(=O)[C@H](C)N(c1cccc(Cl)c1)S(C)(=O)=O)c1ccc(OC)c(C)c1. The molecule has 29 heavy (non-hydrogen) atoms. The summed E-state index contributed by atoms with van der Waals surface area (Å²) in [5.41, 5.74) is 2.23. The maximum atomic E-state index is 13.0. The van der Waals surface area contributed by atoms with Crippen molar-refractivity contribution < 1.29 is 17.9 Å². The average Bonchev–Trinajstić information content (AvgIpc) is 2.64. The largest absolute Gasteiger partial charge is 0.496 e. The van der Waals surface area contributed by atoms with E-state index < -0.39 is 22.0 Å². The first-order valence-corrected chi connectivity index (χ1v) is 11.5. The van der Waals surface area contributed by atoms with E-state index >= 15 is 0 Å². The number of rotatable bonds is 8. The third kappa shape index (κ3) is 5.64. The van der Waals surface area contributed by atoms with Crippen LogP contribution in [0.4, 0.5) is 5.69 Å². The van der Waals surface area contributed by atoms with Crippen LogP contribution in [-0.2, 0) is 14.8 Å². The van der Waals surface area contributed by atoms with Crippen LogP contribution in [0.2, 0.25) is 5.02 Å².